The van der Waals surface area contributed by atoms with Crippen molar-refractivity contribution in [3.05, 3.63) is 16.9 Å². The van der Waals surface area contributed by atoms with Crippen LogP contribution in [0.1, 0.15) is 0 Å². The van der Waals surface area contributed by atoms with E-state index < -0.39 is 0 Å². The molecule has 6 heteroatoms. The first-order chi connectivity index (χ1) is 7.31. The molecule has 82 valence electrons. The van der Waals surface area contributed by atoms with E-state index >= 15 is 0 Å². The number of rotatable bonds is 2. The van der Waals surface area contributed by atoms with Crippen LogP contribution in [0.3, 0.4) is 0 Å². The summed E-state index contributed by atoms with van der Waals surface area (Å²) in [6.07, 6.45) is 3.48. The fourth-order valence-corrected chi connectivity index (χ4v) is 1.77. The van der Waals surface area contributed by atoms with E-state index in [0.717, 1.165) is 17.0 Å². The number of nitrogens with two attached hydrogens (primary N) is 1. The second-order valence-corrected chi connectivity index (χ2v) is 4.27. The highest BCUT2D eigenvalue weighted by Gasteiger charge is 2.23. The van der Waals surface area contributed by atoms with Crippen LogP contribution in [0.2, 0.25) is 0 Å². The topological polar surface area (TPSA) is 64.3 Å². The zero-order chi connectivity index (χ0) is 10.7. The molecule has 0 saturated carbocycles. The van der Waals surface area contributed by atoms with Crippen molar-refractivity contribution in [2.24, 2.45) is 5.73 Å². The van der Waals surface area contributed by atoms with E-state index in [1.54, 1.807) is 12.4 Å². The number of ether oxygens (including phenoxy) is 1. The summed E-state index contributed by atoms with van der Waals surface area (Å²) >= 11 is 3.31. The molecule has 2 N–H and O–H groups in total. The molecule has 2 rings (SSSR count). The number of hydrogen-bond acceptors (Lipinski definition) is 5. The van der Waals surface area contributed by atoms with E-state index in [4.69, 9.17) is 10.5 Å². The largest absolute Gasteiger partial charge is 0.377 e. The predicted molar refractivity (Wildman–Crippen MR) is 60.7 cm³/mol. The van der Waals surface area contributed by atoms with Crippen LogP contribution < -0.4 is 10.6 Å². The average molecular weight is 273 g/mol. The van der Waals surface area contributed by atoms with Gasteiger partial charge in [0.2, 0.25) is 5.95 Å². The van der Waals surface area contributed by atoms with Gasteiger partial charge in [-0.1, -0.05) is 0 Å². The third-order valence-electron chi connectivity index (χ3n) is 2.36. The third-order valence-corrected chi connectivity index (χ3v) is 2.77. The standard InChI is InChI=1S/C9H13BrN4O/c10-7-4-12-9(13-5-7)14-1-2-15-6-8(14)3-11/h4-5,8H,1-3,6,11H2. The van der Waals surface area contributed by atoms with E-state index in [1.165, 1.54) is 0 Å². The SMILES string of the molecule is NCC1COCCN1c1ncc(Br)cn1. The van der Waals surface area contributed by atoms with Crippen LogP contribution in [-0.4, -0.2) is 42.3 Å². The third kappa shape index (κ3) is 2.45. The summed E-state index contributed by atoms with van der Waals surface area (Å²) in [5, 5.41) is 0. The van der Waals surface area contributed by atoms with Gasteiger partial charge in [0.1, 0.15) is 0 Å². The molecule has 0 bridgehead atoms. The zero-order valence-electron chi connectivity index (χ0n) is 8.27. The molecule has 0 spiro atoms. The van der Waals surface area contributed by atoms with Crippen LogP contribution in [-0.2, 0) is 4.74 Å². The Bertz CT molecular complexity index is 318. The Hall–Kier alpha value is -0.720. The smallest absolute Gasteiger partial charge is 0.225 e. The summed E-state index contributed by atoms with van der Waals surface area (Å²) in [5.74, 6) is 0.719. The molecule has 0 amide bonds. The minimum atomic E-state index is 0.180. The van der Waals surface area contributed by atoms with Crippen molar-refractivity contribution in [1.82, 2.24) is 9.97 Å². The number of halogens is 1. The lowest BCUT2D eigenvalue weighted by atomic mass is 10.2. The minimum absolute atomic E-state index is 0.180. The lowest BCUT2D eigenvalue weighted by molar-refractivity contribution is 0.0954. The summed E-state index contributed by atoms with van der Waals surface area (Å²) in [7, 11) is 0. The van der Waals surface area contributed by atoms with Gasteiger partial charge in [-0.2, -0.15) is 0 Å². The molecular weight excluding hydrogens is 260 g/mol. The molecule has 1 unspecified atom stereocenters. The number of aromatic nitrogens is 2. The Kier molecular flexibility index (Phi) is 3.50. The summed E-state index contributed by atoms with van der Waals surface area (Å²) < 4.78 is 6.24. The van der Waals surface area contributed by atoms with Crippen LogP contribution in [0.4, 0.5) is 5.95 Å². The highest BCUT2D eigenvalue weighted by Crippen LogP contribution is 2.15. The predicted octanol–water partition coefficient (Wildman–Crippen LogP) is 0.403. The summed E-state index contributed by atoms with van der Waals surface area (Å²) in [5.41, 5.74) is 5.67. The van der Waals surface area contributed by atoms with E-state index in [9.17, 15) is 0 Å². The molecular formula is C9H13BrN4O. The van der Waals surface area contributed by atoms with Gasteiger partial charge in [-0.3, -0.25) is 0 Å². The maximum atomic E-state index is 5.67. The molecule has 0 radical (unpaired) electrons. The van der Waals surface area contributed by atoms with E-state index in [2.05, 4.69) is 30.8 Å². The molecule has 2 heterocycles. The molecule has 1 aromatic heterocycles. The molecule has 1 atom stereocenters. The Labute approximate surface area is 96.8 Å². The normalized spacial score (nSPS) is 21.7. The maximum Gasteiger partial charge on any atom is 0.225 e. The Morgan fingerprint density at radius 2 is 2.27 bits per heavy atom. The van der Waals surface area contributed by atoms with E-state index in [-0.39, 0.29) is 6.04 Å². The van der Waals surface area contributed by atoms with E-state index in [1.807, 2.05) is 0 Å². The first-order valence-corrected chi connectivity index (χ1v) is 5.62. The number of nitrogens with zero attached hydrogens (tertiary/aromatic N) is 3. The quantitative estimate of drug-likeness (QED) is 0.845. The van der Waals surface area contributed by atoms with Gasteiger partial charge in [-0.15, -0.1) is 0 Å². The van der Waals surface area contributed by atoms with Crippen LogP contribution in [0.25, 0.3) is 0 Å². The van der Waals surface area contributed by atoms with Crippen molar-refractivity contribution in [3.8, 4) is 0 Å². The van der Waals surface area contributed by atoms with Crippen molar-refractivity contribution in [2.45, 2.75) is 6.04 Å². The van der Waals surface area contributed by atoms with Crippen molar-refractivity contribution in [1.29, 1.82) is 0 Å². The molecule has 0 aliphatic carbocycles. The Morgan fingerprint density at radius 3 is 2.93 bits per heavy atom. The second kappa shape index (κ2) is 4.87. The van der Waals surface area contributed by atoms with Crippen LogP contribution in [0.5, 0.6) is 0 Å². The van der Waals surface area contributed by atoms with Gasteiger partial charge < -0.3 is 15.4 Å². The molecule has 1 aromatic rings. The lowest BCUT2D eigenvalue weighted by Crippen LogP contribution is -2.50. The van der Waals surface area contributed by atoms with Crippen molar-refractivity contribution < 1.29 is 4.74 Å². The van der Waals surface area contributed by atoms with Gasteiger partial charge in [0.15, 0.2) is 0 Å². The first-order valence-electron chi connectivity index (χ1n) is 4.83. The molecule has 1 aliphatic rings. The Morgan fingerprint density at radius 1 is 1.53 bits per heavy atom. The lowest BCUT2D eigenvalue weighted by Gasteiger charge is -2.34. The first kappa shape index (κ1) is 10.8. The van der Waals surface area contributed by atoms with Gasteiger partial charge in [0.05, 0.1) is 23.7 Å². The van der Waals surface area contributed by atoms with Crippen molar-refractivity contribution >= 4 is 21.9 Å². The van der Waals surface area contributed by atoms with Gasteiger partial charge in [-0.25, -0.2) is 9.97 Å². The van der Waals surface area contributed by atoms with Crippen molar-refractivity contribution in [2.75, 3.05) is 31.2 Å². The van der Waals surface area contributed by atoms with Gasteiger partial charge in [-0.05, 0) is 15.9 Å². The van der Waals surface area contributed by atoms with Crippen LogP contribution in [0, 0.1) is 0 Å². The zero-order valence-corrected chi connectivity index (χ0v) is 9.85. The molecule has 1 fully saturated rings. The fraction of sp³-hybridized carbons (Fsp3) is 0.556. The average Bonchev–Trinajstić information content (AvgIpc) is 2.30. The monoisotopic (exact) mass is 272 g/mol. The van der Waals surface area contributed by atoms with E-state index in [0.29, 0.717) is 19.8 Å². The number of hydrogen-bond donors (Lipinski definition) is 1. The molecule has 1 aliphatic heterocycles. The van der Waals surface area contributed by atoms with Crippen molar-refractivity contribution in [3.63, 3.8) is 0 Å². The van der Waals surface area contributed by atoms with Gasteiger partial charge in [0, 0.05) is 25.5 Å². The van der Waals surface area contributed by atoms with Crippen LogP contribution >= 0.6 is 15.9 Å². The highest BCUT2D eigenvalue weighted by atomic mass is 79.9. The molecule has 0 aromatic carbocycles. The van der Waals surface area contributed by atoms with Gasteiger partial charge >= 0.3 is 0 Å². The van der Waals surface area contributed by atoms with Crippen LogP contribution in [0.15, 0.2) is 16.9 Å². The molecule has 5 nitrogen and oxygen atoms in total. The number of morpholine rings is 1. The summed E-state index contributed by atoms with van der Waals surface area (Å²) in [6.45, 7) is 2.70. The summed E-state index contributed by atoms with van der Waals surface area (Å²) in [4.78, 5) is 10.6. The Balaban J connectivity index is 2.16. The summed E-state index contributed by atoms with van der Waals surface area (Å²) in [6, 6.07) is 0.180. The highest BCUT2D eigenvalue weighted by molar-refractivity contribution is 9.10. The minimum Gasteiger partial charge on any atom is -0.377 e. The fourth-order valence-electron chi connectivity index (χ4n) is 1.57. The molecule has 15 heavy (non-hydrogen) atoms. The van der Waals surface area contributed by atoms with Gasteiger partial charge in [0.25, 0.3) is 0 Å². The second-order valence-electron chi connectivity index (χ2n) is 3.36. The molecule has 1 saturated heterocycles. The number of anilines is 1. The maximum absolute atomic E-state index is 5.67.